The second-order valence-corrected chi connectivity index (χ2v) is 6.59. The molecule has 31 heavy (non-hydrogen) atoms. The molecular formula is C21H18N10. The van der Waals surface area contributed by atoms with Crippen molar-refractivity contribution in [2.75, 3.05) is 10.9 Å². The van der Waals surface area contributed by atoms with Crippen molar-refractivity contribution in [2.45, 2.75) is 0 Å². The van der Waals surface area contributed by atoms with E-state index in [2.05, 4.69) is 41.0 Å². The zero-order valence-electron chi connectivity index (χ0n) is 16.3. The average Bonchev–Trinajstić information content (AvgIpc) is 3.56. The molecule has 152 valence electrons. The van der Waals surface area contributed by atoms with Crippen LogP contribution in [0.15, 0.2) is 83.8 Å². The van der Waals surface area contributed by atoms with Gasteiger partial charge in [0.25, 0.3) is 0 Å². The van der Waals surface area contributed by atoms with Crippen molar-refractivity contribution in [1.82, 2.24) is 29.3 Å². The lowest BCUT2D eigenvalue weighted by molar-refractivity contribution is 1.17. The fourth-order valence-electron chi connectivity index (χ4n) is 2.95. The summed E-state index contributed by atoms with van der Waals surface area (Å²) in [6.45, 7) is 0. The van der Waals surface area contributed by atoms with Crippen molar-refractivity contribution in [3.8, 4) is 11.3 Å². The van der Waals surface area contributed by atoms with Crippen LogP contribution in [-0.4, -0.2) is 41.7 Å². The van der Waals surface area contributed by atoms with Crippen LogP contribution in [0.4, 0.5) is 11.9 Å². The summed E-state index contributed by atoms with van der Waals surface area (Å²) in [7, 11) is 0. The summed E-state index contributed by atoms with van der Waals surface area (Å²) in [5.41, 5.74) is 10.3. The van der Waals surface area contributed by atoms with Crippen LogP contribution in [0.25, 0.3) is 16.9 Å². The van der Waals surface area contributed by atoms with E-state index in [1.807, 2.05) is 53.2 Å². The normalized spacial score (nSPS) is 11.6. The fourth-order valence-corrected chi connectivity index (χ4v) is 2.95. The van der Waals surface area contributed by atoms with E-state index in [1.54, 1.807) is 37.2 Å². The number of anilines is 2. The summed E-state index contributed by atoms with van der Waals surface area (Å²) in [5.74, 6) is 1.19. The summed E-state index contributed by atoms with van der Waals surface area (Å²) in [6.07, 6.45) is 14.2. The number of imidazole rings is 3. The van der Waals surface area contributed by atoms with Gasteiger partial charge >= 0.3 is 0 Å². The molecule has 4 N–H and O–H groups in total. The Hall–Kier alpha value is -4.73. The van der Waals surface area contributed by atoms with Gasteiger partial charge in [0.1, 0.15) is 5.65 Å². The van der Waals surface area contributed by atoms with Crippen LogP contribution in [0.5, 0.6) is 0 Å². The molecular weight excluding hydrogens is 392 g/mol. The summed E-state index contributed by atoms with van der Waals surface area (Å²) in [6, 6.07) is 11.9. The highest BCUT2D eigenvalue weighted by Gasteiger charge is 2.05. The highest BCUT2D eigenvalue weighted by molar-refractivity contribution is 5.82. The van der Waals surface area contributed by atoms with Crippen molar-refractivity contribution < 1.29 is 0 Å². The first-order valence-electron chi connectivity index (χ1n) is 9.50. The number of pyridine rings is 1. The molecule has 0 unspecified atom stereocenters. The molecule has 5 rings (SSSR count). The van der Waals surface area contributed by atoms with Gasteiger partial charge in [-0.3, -0.25) is 0 Å². The van der Waals surface area contributed by atoms with Crippen LogP contribution in [0, 0.1) is 0 Å². The third-order valence-corrected chi connectivity index (χ3v) is 4.44. The Labute approximate surface area is 176 Å². The van der Waals surface area contributed by atoms with Crippen LogP contribution in [0.3, 0.4) is 0 Å². The van der Waals surface area contributed by atoms with E-state index in [0.717, 1.165) is 28.0 Å². The Morgan fingerprint density at radius 1 is 0.774 bits per heavy atom. The summed E-state index contributed by atoms with van der Waals surface area (Å²) in [4.78, 5) is 18.7. The zero-order chi connectivity index (χ0) is 20.9. The van der Waals surface area contributed by atoms with Crippen molar-refractivity contribution in [3.63, 3.8) is 0 Å². The predicted octanol–water partition coefficient (Wildman–Crippen LogP) is 3.34. The van der Waals surface area contributed by atoms with Gasteiger partial charge in [0.2, 0.25) is 11.9 Å². The lowest BCUT2D eigenvalue weighted by atomic mass is 10.1. The Morgan fingerprint density at radius 2 is 1.42 bits per heavy atom. The van der Waals surface area contributed by atoms with Gasteiger partial charge in [-0.25, -0.2) is 25.8 Å². The second-order valence-electron chi connectivity index (χ2n) is 6.59. The minimum Gasteiger partial charge on any atom is -0.330 e. The van der Waals surface area contributed by atoms with Crippen LogP contribution in [0.2, 0.25) is 0 Å². The Morgan fingerprint density at radius 3 is 2.06 bits per heavy atom. The molecule has 4 aromatic heterocycles. The van der Waals surface area contributed by atoms with Crippen molar-refractivity contribution in [2.24, 2.45) is 10.2 Å². The van der Waals surface area contributed by atoms with Gasteiger partial charge in [0.15, 0.2) is 0 Å². The van der Waals surface area contributed by atoms with Crippen molar-refractivity contribution in [1.29, 1.82) is 0 Å². The van der Waals surface area contributed by atoms with Gasteiger partial charge in [-0.1, -0.05) is 24.3 Å². The molecule has 0 spiro atoms. The lowest BCUT2D eigenvalue weighted by Gasteiger charge is -1.98. The molecule has 0 atom stereocenters. The molecule has 0 fully saturated rings. The van der Waals surface area contributed by atoms with E-state index in [-0.39, 0.29) is 0 Å². The number of benzene rings is 1. The third kappa shape index (κ3) is 4.32. The largest absolute Gasteiger partial charge is 0.330 e. The molecule has 10 heteroatoms. The zero-order valence-corrected chi connectivity index (χ0v) is 16.3. The highest BCUT2D eigenvalue weighted by Crippen LogP contribution is 2.20. The van der Waals surface area contributed by atoms with E-state index in [1.165, 1.54) is 0 Å². The monoisotopic (exact) mass is 410 g/mol. The molecule has 0 aliphatic heterocycles. The molecule has 0 saturated heterocycles. The molecule has 1 aromatic carbocycles. The SMILES string of the molecule is C(=N/Nc1ncc[nH]1)/c1ccc(-c2cn3cc(/C=N\Nc4ncc[nH]4)ccc3n2)cc1. The van der Waals surface area contributed by atoms with E-state index in [9.17, 15) is 0 Å². The molecule has 10 nitrogen and oxygen atoms in total. The topological polar surface area (TPSA) is 123 Å². The summed E-state index contributed by atoms with van der Waals surface area (Å²) >= 11 is 0. The van der Waals surface area contributed by atoms with E-state index < -0.39 is 0 Å². The van der Waals surface area contributed by atoms with Gasteiger partial charge in [-0.15, -0.1) is 0 Å². The number of hydrogen-bond donors (Lipinski definition) is 4. The first kappa shape index (κ1) is 18.3. The molecule has 4 heterocycles. The van der Waals surface area contributed by atoms with E-state index >= 15 is 0 Å². The number of rotatable bonds is 7. The number of aromatic nitrogens is 6. The predicted molar refractivity (Wildman–Crippen MR) is 120 cm³/mol. The number of H-pyrrole nitrogens is 2. The van der Waals surface area contributed by atoms with Gasteiger partial charge < -0.3 is 14.4 Å². The van der Waals surface area contributed by atoms with Gasteiger partial charge in [0.05, 0.1) is 18.1 Å². The highest BCUT2D eigenvalue weighted by atomic mass is 15.4. The lowest BCUT2D eigenvalue weighted by Crippen LogP contribution is -1.93. The maximum atomic E-state index is 4.70. The number of aromatic amines is 2. The minimum absolute atomic E-state index is 0.590. The quantitative estimate of drug-likeness (QED) is 0.242. The van der Waals surface area contributed by atoms with Crippen LogP contribution in [-0.2, 0) is 0 Å². The van der Waals surface area contributed by atoms with E-state index in [4.69, 9.17) is 4.98 Å². The molecule has 0 saturated carbocycles. The number of nitrogens with zero attached hydrogens (tertiary/aromatic N) is 6. The van der Waals surface area contributed by atoms with Crippen molar-refractivity contribution in [3.05, 3.63) is 84.7 Å². The van der Waals surface area contributed by atoms with Crippen LogP contribution in [0.1, 0.15) is 11.1 Å². The first-order valence-corrected chi connectivity index (χ1v) is 9.50. The molecule has 0 bridgehead atoms. The molecule has 0 aliphatic carbocycles. The van der Waals surface area contributed by atoms with Gasteiger partial charge in [-0.2, -0.15) is 10.2 Å². The number of hydrogen-bond acceptors (Lipinski definition) is 7. The van der Waals surface area contributed by atoms with Gasteiger partial charge in [0, 0.05) is 48.3 Å². The first-order chi connectivity index (χ1) is 15.3. The van der Waals surface area contributed by atoms with Gasteiger partial charge in [-0.05, 0) is 17.7 Å². The summed E-state index contributed by atoms with van der Waals surface area (Å²) < 4.78 is 1.98. The maximum Gasteiger partial charge on any atom is 0.220 e. The standard InChI is InChI=1S/C21H18N10/c1-4-17(5-2-15(1)11-26-29-20-22-7-8-23-20)18-14-31-13-16(3-6-19(31)28-18)12-27-30-21-24-9-10-25-21/h1-14H,(H2,22,23,29)(H2,24,25,30)/b26-11-,27-12-. The number of fused-ring (bicyclic) bond motifs is 1. The second kappa shape index (κ2) is 8.33. The number of nitrogens with one attached hydrogen (secondary N) is 4. The summed E-state index contributed by atoms with van der Waals surface area (Å²) in [5, 5.41) is 8.34. The molecule has 0 amide bonds. The van der Waals surface area contributed by atoms with Crippen molar-refractivity contribution >= 4 is 30.0 Å². The Kier molecular flexibility index (Phi) is 4.92. The Bertz CT molecular complexity index is 1310. The third-order valence-electron chi connectivity index (χ3n) is 4.44. The van der Waals surface area contributed by atoms with Crippen LogP contribution >= 0.6 is 0 Å². The van der Waals surface area contributed by atoms with Crippen LogP contribution < -0.4 is 10.9 Å². The maximum absolute atomic E-state index is 4.70. The molecule has 0 aliphatic rings. The Balaban J connectivity index is 1.28. The average molecular weight is 410 g/mol. The van der Waals surface area contributed by atoms with E-state index in [0.29, 0.717) is 11.9 Å². The molecule has 5 aromatic rings. The smallest absolute Gasteiger partial charge is 0.220 e. The minimum atomic E-state index is 0.590. The fraction of sp³-hybridized carbons (Fsp3) is 0. The number of hydrazone groups is 2. The molecule has 0 radical (unpaired) electrons.